The summed E-state index contributed by atoms with van der Waals surface area (Å²) < 4.78 is 220. The number of halogens is 14. The molecule has 0 spiro atoms. The van der Waals surface area contributed by atoms with Crippen molar-refractivity contribution in [2.75, 3.05) is 13.2 Å². The maximum atomic E-state index is 15.7. The Bertz CT molecular complexity index is 1050. The van der Waals surface area contributed by atoms with Gasteiger partial charge in [-0.05, 0) is 6.92 Å². The summed E-state index contributed by atoms with van der Waals surface area (Å²) in [6.07, 6.45) is -0.104. The normalized spacial score (nSPS) is 40.5. The number of hydrogen-bond acceptors (Lipinski definition) is 4. The van der Waals surface area contributed by atoms with Crippen LogP contribution in [0.25, 0.3) is 0 Å². The molecule has 0 aromatic heterocycles. The Balaban J connectivity index is 2.60. The van der Waals surface area contributed by atoms with E-state index in [0.29, 0.717) is 6.92 Å². The molecule has 210 valence electrons. The number of rotatable bonds is 6. The van der Waals surface area contributed by atoms with Crippen molar-refractivity contribution in [2.24, 2.45) is 10.8 Å². The molecule has 4 aliphatic carbocycles. The number of carbonyl (C=O) groups is 2. The van der Waals surface area contributed by atoms with E-state index >= 15 is 52.7 Å². The summed E-state index contributed by atoms with van der Waals surface area (Å²) in [4.78, 5) is 22.8. The van der Waals surface area contributed by atoms with E-state index in [0.717, 1.165) is 0 Å². The van der Waals surface area contributed by atoms with Crippen LogP contribution < -0.4 is 0 Å². The van der Waals surface area contributed by atoms with Gasteiger partial charge in [-0.15, -0.1) is 0 Å². The van der Waals surface area contributed by atoms with E-state index in [1.54, 1.807) is 0 Å². The van der Waals surface area contributed by atoms with Gasteiger partial charge in [0.2, 0.25) is 10.8 Å². The molecule has 0 aliphatic heterocycles. The molecule has 0 aromatic rings. The van der Waals surface area contributed by atoms with E-state index in [-0.39, 0.29) is 6.08 Å². The van der Waals surface area contributed by atoms with E-state index < -0.39 is 88.4 Å². The number of hydrogen-bond donors (Lipinski definition) is 0. The standard InChI is InChI=1S/C19H12F14O4/c1-4-8(34)36-5-10-14(22,23)11(6-37-9(35)7(2)3)17(28,29)12(20,15(10,24)25)19(32,33)13(21,16(10,26)27)18(11,30)31/h4H,1-2,5-6H2,3H3. The van der Waals surface area contributed by atoms with Crippen LogP contribution in [0.1, 0.15) is 6.92 Å². The Morgan fingerprint density at radius 2 is 0.946 bits per heavy atom. The minimum atomic E-state index is -7.79. The Morgan fingerprint density at radius 3 is 1.24 bits per heavy atom. The highest BCUT2D eigenvalue weighted by molar-refractivity contribution is 5.87. The zero-order chi connectivity index (χ0) is 29.3. The molecule has 0 aromatic carbocycles. The molecule has 4 bridgehead atoms. The van der Waals surface area contributed by atoms with E-state index in [9.17, 15) is 18.4 Å². The highest BCUT2D eigenvalue weighted by Gasteiger charge is 3.21. The fraction of sp³-hybridized carbons (Fsp3) is 0.684. The lowest BCUT2D eigenvalue weighted by Crippen LogP contribution is -3.07. The largest absolute Gasteiger partial charge is 0.461 e. The first-order valence-electron chi connectivity index (χ1n) is 9.55. The minimum Gasteiger partial charge on any atom is -0.461 e. The van der Waals surface area contributed by atoms with E-state index in [1.165, 1.54) is 0 Å². The molecule has 18 heteroatoms. The van der Waals surface area contributed by atoms with Crippen LogP contribution in [0.3, 0.4) is 0 Å². The van der Waals surface area contributed by atoms with Crippen LogP contribution in [0.5, 0.6) is 0 Å². The molecule has 0 saturated heterocycles. The second kappa shape index (κ2) is 6.90. The van der Waals surface area contributed by atoms with Crippen molar-refractivity contribution in [3.05, 3.63) is 24.8 Å². The lowest BCUT2D eigenvalue weighted by molar-refractivity contribution is -0.620. The van der Waals surface area contributed by atoms with Crippen LogP contribution >= 0.6 is 0 Å². The number of alkyl halides is 14. The predicted molar refractivity (Wildman–Crippen MR) is 89.2 cm³/mol. The van der Waals surface area contributed by atoms with E-state index in [4.69, 9.17) is 0 Å². The third-order valence-corrected chi connectivity index (χ3v) is 7.18. The molecule has 2 atom stereocenters. The fourth-order valence-corrected chi connectivity index (χ4v) is 5.22. The molecule has 4 nitrogen and oxygen atoms in total. The van der Waals surface area contributed by atoms with Crippen LogP contribution in [-0.4, -0.2) is 72.0 Å². The summed E-state index contributed by atoms with van der Waals surface area (Å²) in [7, 11) is 0. The molecule has 37 heavy (non-hydrogen) atoms. The molecule has 2 unspecified atom stereocenters. The first-order valence-corrected chi connectivity index (χ1v) is 9.55. The number of ether oxygens (including phenoxy) is 2. The summed E-state index contributed by atoms with van der Waals surface area (Å²) in [5, 5.41) is 0. The van der Waals surface area contributed by atoms with E-state index in [1.807, 2.05) is 0 Å². The molecule has 4 aliphatic rings. The summed E-state index contributed by atoms with van der Waals surface area (Å²) in [5.74, 6) is -49.4. The van der Waals surface area contributed by atoms with Crippen molar-refractivity contribution in [3.63, 3.8) is 0 Å². The van der Waals surface area contributed by atoms with Crippen LogP contribution in [0.2, 0.25) is 0 Å². The van der Waals surface area contributed by atoms with Gasteiger partial charge in [-0.3, -0.25) is 0 Å². The summed E-state index contributed by atoms with van der Waals surface area (Å²) in [6, 6.07) is 0. The monoisotopic (exact) mass is 570 g/mol. The van der Waals surface area contributed by atoms with Gasteiger partial charge in [-0.1, -0.05) is 13.2 Å². The number of carbonyl (C=O) groups excluding carboxylic acids is 2. The lowest BCUT2D eigenvalue weighted by Gasteiger charge is -2.76. The lowest BCUT2D eigenvalue weighted by atomic mass is 9.33. The fourth-order valence-electron chi connectivity index (χ4n) is 5.22. The molecule has 0 N–H and O–H groups in total. The first kappa shape index (κ1) is 29.0. The van der Waals surface area contributed by atoms with Gasteiger partial charge < -0.3 is 9.47 Å². The minimum absolute atomic E-state index is 0.104. The van der Waals surface area contributed by atoms with Crippen molar-refractivity contribution < 1.29 is 80.5 Å². The van der Waals surface area contributed by atoms with Gasteiger partial charge in [0.15, 0.2) is 0 Å². The molecular formula is C19H12F14O4. The average Bonchev–Trinajstić information content (AvgIpc) is 2.74. The Morgan fingerprint density at radius 1 is 0.622 bits per heavy atom. The zero-order valence-electron chi connectivity index (χ0n) is 17.8. The Labute approximate surface area is 196 Å². The highest BCUT2D eigenvalue weighted by Crippen LogP contribution is 2.92. The predicted octanol–water partition coefficient (Wildman–Crippen LogP) is 5.08. The Kier molecular flexibility index (Phi) is 5.40. The molecule has 4 saturated carbocycles. The zero-order valence-corrected chi connectivity index (χ0v) is 17.8. The van der Waals surface area contributed by atoms with Gasteiger partial charge in [0.25, 0.3) is 5.92 Å². The van der Waals surface area contributed by atoms with Gasteiger partial charge in [-0.25, -0.2) is 62.3 Å². The van der Waals surface area contributed by atoms with Gasteiger partial charge in [-0.2, -0.15) is 8.78 Å². The quantitative estimate of drug-likeness (QED) is 0.254. The molecule has 0 radical (unpaired) electrons. The van der Waals surface area contributed by atoms with Gasteiger partial charge in [0.1, 0.15) is 13.2 Å². The van der Waals surface area contributed by atoms with Crippen LogP contribution in [0.4, 0.5) is 61.5 Å². The first-order chi connectivity index (χ1) is 16.3. The Hall–Kier alpha value is -2.56. The molecular weight excluding hydrogens is 558 g/mol. The van der Waals surface area contributed by atoms with Crippen molar-refractivity contribution >= 4 is 11.9 Å². The SMILES string of the molecule is C=CC(=O)OCC12C(F)(F)C3(F)C(F)(F)C(F)(C1(F)F)C(F)(F)C(COC(=O)C(=C)C)(C3(F)F)C2(F)F. The maximum absolute atomic E-state index is 15.7. The van der Waals surface area contributed by atoms with Crippen LogP contribution in [0, 0.1) is 10.8 Å². The second-order valence-corrected chi connectivity index (χ2v) is 8.74. The van der Waals surface area contributed by atoms with Crippen LogP contribution in [-0.2, 0) is 19.1 Å². The highest BCUT2D eigenvalue weighted by atomic mass is 19.3. The average molecular weight is 570 g/mol. The maximum Gasteiger partial charge on any atom is 0.338 e. The molecule has 0 amide bonds. The summed E-state index contributed by atoms with van der Waals surface area (Å²) >= 11 is 0. The van der Waals surface area contributed by atoms with E-state index in [2.05, 4.69) is 22.6 Å². The summed E-state index contributed by atoms with van der Waals surface area (Å²) in [5.41, 5.74) is -29.3. The third kappa shape index (κ3) is 2.17. The summed E-state index contributed by atoms with van der Waals surface area (Å²) in [6.45, 7) is -0.866. The smallest absolute Gasteiger partial charge is 0.338 e. The topological polar surface area (TPSA) is 52.6 Å². The van der Waals surface area contributed by atoms with Crippen molar-refractivity contribution in [1.82, 2.24) is 0 Å². The van der Waals surface area contributed by atoms with Crippen molar-refractivity contribution in [3.8, 4) is 0 Å². The molecule has 0 heterocycles. The van der Waals surface area contributed by atoms with Gasteiger partial charge in [0.05, 0.1) is 0 Å². The number of esters is 2. The van der Waals surface area contributed by atoms with Crippen LogP contribution in [0.15, 0.2) is 24.8 Å². The molecule has 4 rings (SSSR count). The third-order valence-electron chi connectivity index (χ3n) is 7.18. The van der Waals surface area contributed by atoms with Crippen molar-refractivity contribution in [1.29, 1.82) is 0 Å². The van der Waals surface area contributed by atoms with Crippen molar-refractivity contribution in [2.45, 2.75) is 53.8 Å². The van der Waals surface area contributed by atoms with Gasteiger partial charge >= 0.3 is 52.9 Å². The van der Waals surface area contributed by atoms with Gasteiger partial charge in [0, 0.05) is 11.6 Å². The second-order valence-electron chi connectivity index (χ2n) is 8.74. The molecule has 4 fully saturated rings.